The quantitative estimate of drug-likeness (QED) is 0.665. The van der Waals surface area contributed by atoms with E-state index in [0.717, 1.165) is 25.4 Å². The zero-order valence-electron chi connectivity index (χ0n) is 7.33. The Kier molecular flexibility index (Phi) is 4.00. The summed E-state index contributed by atoms with van der Waals surface area (Å²) in [7, 11) is 0. The first kappa shape index (κ1) is 10.5. The maximum absolute atomic E-state index is 9.68. The van der Waals surface area contributed by atoms with Gasteiger partial charge in [0, 0.05) is 0 Å². The van der Waals surface area contributed by atoms with E-state index in [1.807, 2.05) is 0 Å². The average Bonchev–Trinajstić information content (AvgIpc) is 2.06. The van der Waals surface area contributed by atoms with Gasteiger partial charge in [0.25, 0.3) is 0 Å². The fraction of sp³-hybridized carbons (Fsp3) is 1.00. The Morgan fingerprint density at radius 3 is 2.75 bits per heavy atom. The van der Waals surface area contributed by atoms with E-state index in [1.165, 1.54) is 19.3 Å². The number of hydrogen-bond donors (Lipinski definition) is 2. The van der Waals surface area contributed by atoms with Crippen LogP contribution in [0.5, 0.6) is 0 Å². The predicted molar refractivity (Wildman–Crippen MR) is 54.6 cm³/mol. The van der Waals surface area contributed by atoms with Crippen LogP contribution in [0.15, 0.2) is 0 Å². The van der Waals surface area contributed by atoms with Crippen molar-refractivity contribution in [3.8, 4) is 0 Å². The van der Waals surface area contributed by atoms with Crippen LogP contribution >= 0.6 is 17.0 Å². The molecule has 12 heavy (non-hydrogen) atoms. The molecular formula is C9H18BrNO. The van der Waals surface area contributed by atoms with Crippen LogP contribution in [0.2, 0.25) is 0 Å². The summed E-state index contributed by atoms with van der Waals surface area (Å²) in [5.41, 5.74) is 0. The maximum atomic E-state index is 9.68. The molecule has 1 heterocycles. The number of piperidine rings is 1. The first-order chi connectivity index (χ1) is 5.38. The molecule has 0 bridgehead atoms. The lowest BCUT2D eigenvalue weighted by atomic mass is 9.74. The van der Waals surface area contributed by atoms with Crippen molar-refractivity contribution in [1.29, 1.82) is 0 Å². The van der Waals surface area contributed by atoms with Crippen molar-refractivity contribution in [2.45, 2.75) is 31.8 Å². The molecule has 2 nitrogen and oxygen atoms in total. The zero-order valence-corrected chi connectivity index (χ0v) is 9.04. The summed E-state index contributed by atoms with van der Waals surface area (Å²) >= 11 is 0. The molecule has 1 saturated carbocycles. The van der Waals surface area contributed by atoms with Gasteiger partial charge in [-0.2, -0.15) is 0 Å². The minimum atomic E-state index is 0. The smallest absolute Gasteiger partial charge is 0.0572 e. The normalized spacial score (nSPS) is 41.2. The van der Waals surface area contributed by atoms with Crippen molar-refractivity contribution in [2.24, 2.45) is 11.8 Å². The van der Waals surface area contributed by atoms with Crippen LogP contribution in [0.4, 0.5) is 0 Å². The van der Waals surface area contributed by atoms with Crippen LogP contribution in [0.25, 0.3) is 0 Å². The van der Waals surface area contributed by atoms with Gasteiger partial charge in [0.1, 0.15) is 0 Å². The standard InChI is InChI=1S/C9H17NO.BrH/c11-9-3-1-2-7-6-10-5-4-8(7)9;/h7-11H,1-6H2;1H/t7-,8+,9?;/m0./s1. The summed E-state index contributed by atoms with van der Waals surface area (Å²) in [5.74, 6) is 1.39. The third-order valence-electron chi connectivity index (χ3n) is 3.24. The van der Waals surface area contributed by atoms with Crippen molar-refractivity contribution < 1.29 is 5.11 Å². The van der Waals surface area contributed by atoms with Crippen LogP contribution in [0.3, 0.4) is 0 Å². The van der Waals surface area contributed by atoms with Crippen molar-refractivity contribution in [2.75, 3.05) is 13.1 Å². The van der Waals surface area contributed by atoms with Crippen molar-refractivity contribution >= 4 is 17.0 Å². The minimum Gasteiger partial charge on any atom is -0.393 e. The molecule has 2 aliphatic rings. The van der Waals surface area contributed by atoms with Crippen molar-refractivity contribution in [3.05, 3.63) is 0 Å². The van der Waals surface area contributed by atoms with E-state index in [9.17, 15) is 5.11 Å². The van der Waals surface area contributed by atoms with E-state index in [1.54, 1.807) is 0 Å². The van der Waals surface area contributed by atoms with Gasteiger partial charge in [0.15, 0.2) is 0 Å². The molecule has 1 aliphatic carbocycles. The van der Waals surface area contributed by atoms with Gasteiger partial charge in [-0.25, -0.2) is 0 Å². The summed E-state index contributed by atoms with van der Waals surface area (Å²) in [6.07, 6.45) is 4.79. The molecule has 0 amide bonds. The van der Waals surface area contributed by atoms with Gasteiger partial charge >= 0.3 is 0 Å². The topological polar surface area (TPSA) is 32.3 Å². The average molecular weight is 236 g/mol. The SMILES string of the molecule is Br.OC1CCC[C@H]2CNCC[C@@H]12. The zero-order chi connectivity index (χ0) is 7.68. The molecule has 0 aromatic carbocycles. The molecule has 0 spiro atoms. The molecule has 2 N–H and O–H groups in total. The Morgan fingerprint density at radius 1 is 1.17 bits per heavy atom. The van der Waals surface area contributed by atoms with Gasteiger partial charge in [0.2, 0.25) is 0 Å². The number of aliphatic hydroxyl groups excluding tert-OH is 1. The second-order valence-corrected chi connectivity index (χ2v) is 3.91. The van der Waals surface area contributed by atoms with Crippen LogP contribution in [-0.4, -0.2) is 24.3 Å². The van der Waals surface area contributed by atoms with E-state index in [4.69, 9.17) is 0 Å². The molecule has 1 saturated heterocycles. The molecule has 1 aliphatic heterocycles. The van der Waals surface area contributed by atoms with Crippen molar-refractivity contribution in [1.82, 2.24) is 5.32 Å². The molecule has 0 aromatic heterocycles. The Hall–Kier alpha value is 0.400. The molecule has 2 fully saturated rings. The largest absolute Gasteiger partial charge is 0.393 e. The third kappa shape index (κ3) is 2.01. The first-order valence-corrected chi connectivity index (χ1v) is 4.76. The molecule has 1 unspecified atom stereocenters. The lowest BCUT2D eigenvalue weighted by Crippen LogP contribution is -2.44. The third-order valence-corrected chi connectivity index (χ3v) is 3.24. The molecule has 0 aromatic rings. The lowest BCUT2D eigenvalue weighted by Gasteiger charge is -2.39. The number of fused-ring (bicyclic) bond motifs is 1. The molecule has 2 rings (SSSR count). The number of nitrogens with one attached hydrogen (secondary N) is 1. The fourth-order valence-corrected chi connectivity index (χ4v) is 2.57. The number of halogens is 1. The Balaban J connectivity index is 0.000000720. The van der Waals surface area contributed by atoms with E-state index < -0.39 is 0 Å². The number of aliphatic hydroxyl groups is 1. The second kappa shape index (κ2) is 4.58. The fourth-order valence-electron chi connectivity index (χ4n) is 2.57. The highest BCUT2D eigenvalue weighted by Crippen LogP contribution is 2.33. The second-order valence-electron chi connectivity index (χ2n) is 3.91. The molecular weight excluding hydrogens is 218 g/mol. The highest BCUT2D eigenvalue weighted by atomic mass is 79.9. The van der Waals surface area contributed by atoms with Crippen LogP contribution < -0.4 is 5.32 Å². The summed E-state index contributed by atoms with van der Waals surface area (Å²) in [5, 5.41) is 13.1. The maximum Gasteiger partial charge on any atom is 0.0572 e. The van der Waals surface area contributed by atoms with Crippen LogP contribution in [-0.2, 0) is 0 Å². The van der Waals surface area contributed by atoms with Gasteiger partial charge in [-0.1, -0.05) is 6.42 Å². The highest BCUT2D eigenvalue weighted by molar-refractivity contribution is 8.93. The van der Waals surface area contributed by atoms with Gasteiger partial charge in [-0.15, -0.1) is 17.0 Å². The van der Waals surface area contributed by atoms with E-state index in [2.05, 4.69) is 5.32 Å². The van der Waals surface area contributed by atoms with E-state index in [0.29, 0.717) is 5.92 Å². The summed E-state index contributed by atoms with van der Waals surface area (Å²) in [4.78, 5) is 0. The molecule has 3 atom stereocenters. The van der Waals surface area contributed by atoms with Gasteiger partial charge in [-0.3, -0.25) is 0 Å². The Bertz CT molecular complexity index is 140. The van der Waals surface area contributed by atoms with E-state index >= 15 is 0 Å². The van der Waals surface area contributed by atoms with Crippen molar-refractivity contribution in [3.63, 3.8) is 0 Å². The summed E-state index contributed by atoms with van der Waals surface area (Å²) in [6.45, 7) is 2.25. The highest BCUT2D eigenvalue weighted by Gasteiger charge is 2.33. The lowest BCUT2D eigenvalue weighted by molar-refractivity contribution is 0.0167. The van der Waals surface area contributed by atoms with Gasteiger partial charge < -0.3 is 10.4 Å². The Morgan fingerprint density at radius 2 is 2.00 bits per heavy atom. The van der Waals surface area contributed by atoms with Crippen LogP contribution in [0, 0.1) is 11.8 Å². The Labute approximate surface area is 84.5 Å². The molecule has 0 radical (unpaired) electrons. The minimum absolute atomic E-state index is 0. The predicted octanol–water partition coefficient (Wildman–Crippen LogP) is 1.33. The first-order valence-electron chi connectivity index (χ1n) is 4.76. The van der Waals surface area contributed by atoms with E-state index in [-0.39, 0.29) is 23.1 Å². The van der Waals surface area contributed by atoms with Crippen LogP contribution in [0.1, 0.15) is 25.7 Å². The monoisotopic (exact) mass is 235 g/mol. The summed E-state index contributed by atoms with van der Waals surface area (Å²) < 4.78 is 0. The van der Waals surface area contributed by atoms with Gasteiger partial charge in [0.05, 0.1) is 6.10 Å². The number of rotatable bonds is 0. The summed E-state index contributed by atoms with van der Waals surface area (Å²) in [6, 6.07) is 0. The molecule has 3 heteroatoms. The molecule has 72 valence electrons. The van der Waals surface area contributed by atoms with Gasteiger partial charge in [-0.05, 0) is 44.2 Å². The number of hydrogen-bond acceptors (Lipinski definition) is 2.